The maximum atomic E-state index is 4.27. The van der Waals surface area contributed by atoms with Crippen LogP contribution in [-0.4, -0.2) is 50.5 Å². The van der Waals surface area contributed by atoms with Crippen LogP contribution in [0, 0.1) is 0 Å². The molecule has 0 atom stereocenters. The van der Waals surface area contributed by atoms with Gasteiger partial charge in [0.15, 0.2) is 0 Å². The van der Waals surface area contributed by atoms with E-state index in [1.54, 1.807) is 12.4 Å². The summed E-state index contributed by atoms with van der Waals surface area (Å²) < 4.78 is 0. The third-order valence-corrected chi connectivity index (χ3v) is 4.96. The standard InChI is InChI=1S/C22H22N8/c1-3-17-11-18-4-2-16(14-28-30-22-25-7-8-26-22)10-20(18)12-19(17)9-15(1)13-27-29-21-23-5-6-24-21/h1-4,9-14H,5-8H2,(H2,23,24,29)(H2,25,26,30). The average molecular weight is 398 g/mol. The van der Waals surface area contributed by atoms with E-state index in [2.05, 4.69) is 90.2 Å². The number of nitrogens with zero attached hydrogens (tertiary/aromatic N) is 4. The second-order valence-corrected chi connectivity index (χ2v) is 7.12. The fourth-order valence-electron chi connectivity index (χ4n) is 3.48. The number of guanidine groups is 2. The van der Waals surface area contributed by atoms with E-state index in [9.17, 15) is 0 Å². The summed E-state index contributed by atoms with van der Waals surface area (Å²) in [5.74, 6) is 1.44. The minimum Gasteiger partial charge on any atom is -0.353 e. The van der Waals surface area contributed by atoms with E-state index in [0.29, 0.717) is 0 Å². The van der Waals surface area contributed by atoms with Gasteiger partial charge in [-0.3, -0.25) is 0 Å². The van der Waals surface area contributed by atoms with Crippen molar-refractivity contribution in [3.63, 3.8) is 0 Å². The molecule has 0 amide bonds. The first-order valence-corrected chi connectivity index (χ1v) is 9.96. The molecule has 3 aromatic carbocycles. The number of benzene rings is 3. The summed E-state index contributed by atoms with van der Waals surface area (Å²) in [5.41, 5.74) is 7.91. The summed E-state index contributed by atoms with van der Waals surface area (Å²) in [4.78, 5) is 8.52. The first kappa shape index (κ1) is 18.1. The number of nitrogens with one attached hydrogen (secondary N) is 4. The molecular formula is C22H22N8. The first-order valence-electron chi connectivity index (χ1n) is 9.96. The van der Waals surface area contributed by atoms with Crippen LogP contribution < -0.4 is 21.5 Å². The van der Waals surface area contributed by atoms with Crippen LogP contribution >= 0.6 is 0 Å². The second-order valence-electron chi connectivity index (χ2n) is 7.12. The van der Waals surface area contributed by atoms with E-state index >= 15 is 0 Å². The van der Waals surface area contributed by atoms with E-state index < -0.39 is 0 Å². The lowest BCUT2D eigenvalue weighted by Gasteiger charge is -2.05. The van der Waals surface area contributed by atoms with Gasteiger partial charge in [0, 0.05) is 13.1 Å². The monoisotopic (exact) mass is 398 g/mol. The van der Waals surface area contributed by atoms with Crippen molar-refractivity contribution in [3.05, 3.63) is 59.7 Å². The average Bonchev–Trinajstić information content (AvgIpc) is 3.47. The van der Waals surface area contributed by atoms with Crippen LogP contribution in [0.4, 0.5) is 0 Å². The first-order chi connectivity index (χ1) is 14.8. The van der Waals surface area contributed by atoms with Crippen LogP contribution in [0.25, 0.3) is 21.5 Å². The molecule has 2 aliphatic rings. The van der Waals surface area contributed by atoms with Gasteiger partial charge >= 0.3 is 0 Å². The van der Waals surface area contributed by atoms with Crippen molar-refractivity contribution in [2.45, 2.75) is 0 Å². The molecule has 2 heterocycles. The number of hydrazone groups is 2. The minimum absolute atomic E-state index is 0.720. The molecule has 4 N–H and O–H groups in total. The van der Waals surface area contributed by atoms with Crippen LogP contribution in [0.1, 0.15) is 11.1 Å². The SMILES string of the molecule is C(=NNC1=NCCN1)c1ccc2cc3ccc(C=NNC4=NCCN4)cc3cc2c1. The second kappa shape index (κ2) is 8.20. The summed E-state index contributed by atoms with van der Waals surface area (Å²) in [5, 5.41) is 19.5. The Kier molecular flexibility index (Phi) is 4.95. The predicted molar refractivity (Wildman–Crippen MR) is 124 cm³/mol. The molecular weight excluding hydrogens is 376 g/mol. The molecule has 0 unspecified atom stereocenters. The molecule has 8 heteroatoms. The third-order valence-electron chi connectivity index (χ3n) is 4.96. The number of fused-ring (bicyclic) bond motifs is 2. The van der Waals surface area contributed by atoms with Crippen LogP contribution in [0.2, 0.25) is 0 Å². The summed E-state index contributed by atoms with van der Waals surface area (Å²) in [6.07, 6.45) is 3.61. The molecule has 0 aromatic heterocycles. The Morgan fingerprint density at radius 3 is 1.63 bits per heavy atom. The minimum atomic E-state index is 0.720. The smallest absolute Gasteiger partial charge is 0.212 e. The molecule has 150 valence electrons. The predicted octanol–water partition coefficient (Wildman–Crippen LogP) is 1.76. The normalized spacial score (nSPS) is 16.1. The van der Waals surface area contributed by atoms with Crippen LogP contribution in [0.3, 0.4) is 0 Å². The summed E-state index contributed by atoms with van der Waals surface area (Å²) in [7, 11) is 0. The van der Waals surface area contributed by atoms with Crippen LogP contribution in [0.5, 0.6) is 0 Å². The Balaban J connectivity index is 1.36. The zero-order valence-corrected chi connectivity index (χ0v) is 16.4. The van der Waals surface area contributed by atoms with Gasteiger partial charge in [-0.15, -0.1) is 0 Å². The summed E-state index contributed by atoms with van der Waals surface area (Å²) >= 11 is 0. The van der Waals surface area contributed by atoms with Crippen molar-refractivity contribution < 1.29 is 0 Å². The highest BCUT2D eigenvalue weighted by atomic mass is 15.4. The van der Waals surface area contributed by atoms with Crippen LogP contribution in [-0.2, 0) is 0 Å². The zero-order chi connectivity index (χ0) is 20.2. The van der Waals surface area contributed by atoms with Gasteiger partial charge in [0.2, 0.25) is 11.9 Å². The molecule has 5 rings (SSSR count). The van der Waals surface area contributed by atoms with Crippen molar-refractivity contribution in [3.8, 4) is 0 Å². The fraction of sp³-hybridized carbons (Fsp3) is 0.182. The number of rotatable bonds is 4. The lowest BCUT2D eigenvalue weighted by molar-refractivity contribution is 0.920. The van der Waals surface area contributed by atoms with E-state index in [0.717, 1.165) is 49.2 Å². The van der Waals surface area contributed by atoms with Gasteiger partial charge in [-0.2, -0.15) is 10.2 Å². The molecule has 0 radical (unpaired) electrons. The molecule has 3 aromatic rings. The fourth-order valence-corrected chi connectivity index (χ4v) is 3.48. The van der Waals surface area contributed by atoms with Gasteiger partial charge in [-0.25, -0.2) is 20.8 Å². The van der Waals surface area contributed by atoms with Crippen molar-refractivity contribution in [1.29, 1.82) is 0 Å². The van der Waals surface area contributed by atoms with E-state index in [1.165, 1.54) is 21.5 Å². The third kappa shape index (κ3) is 4.07. The van der Waals surface area contributed by atoms with Crippen LogP contribution in [0.15, 0.2) is 68.7 Å². The van der Waals surface area contributed by atoms with Gasteiger partial charge in [0.05, 0.1) is 25.5 Å². The van der Waals surface area contributed by atoms with Crippen molar-refractivity contribution >= 4 is 45.9 Å². The Bertz CT molecular complexity index is 1120. The zero-order valence-electron chi connectivity index (χ0n) is 16.4. The van der Waals surface area contributed by atoms with Gasteiger partial charge in [-0.05, 0) is 56.9 Å². The quantitative estimate of drug-likeness (QED) is 0.306. The molecule has 0 spiro atoms. The number of aliphatic imine (C=N–C) groups is 2. The molecule has 0 saturated heterocycles. The molecule has 30 heavy (non-hydrogen) atoms. The maximum Gasteiger partial charge on any atom is 0.212 e. The largest absolute Gasteiger partial charge is 0.353 e. The molecule has 8 nitrogen and oxygen atoms in total. The van der Waals surface area contributed by atoms with Crippen molar-refractivity contribution in [2.75, 3.05) is 26.2 Å². The van der Waals surface area contributed by atoms with E-state index in [-0.39, 0.29) is 0 Å². The Morgan fingerprint density at radius 1 is 0.667 bits per heavy atom. The number of hydrogen-bond acceptors (Lipinski definition) is 8. The number of hydrogen-bond donors (Lipinski definition) is 4. The summed E-state index contributed by atoms with van der Waals surface area (Å²) in [6.45, 7) is 3.29. The van der Waals surface area contributed by atoms with Gasteiger partial charge in [0.25, 0.3) is 0 Å². The molecule has 0 fully saturated rings. The highest BCUT2D eigenvalue weighted by Gasteiger charge is 2.04. The van der Waals surface area contributed by atoms with Gasteiger partial charge < -0.3 is 10.6 Å². The molecule has 0 saturated carbocycles. The van der Waals surface area contributed by atoms with E-state index in [1.807, 2.05) is 0 Å². The van der Waals surface area contributed by atoms with Crippen molar-refractivity contribution in [1.82, 2.24) is 21.5 Å². The lowest BCUT2D eigenvalue weighted by atomic mass is 10.0. The van der Waals surface area contributed by atoms with Crippen molar-refractivity contribution in [2.24, 2.45) is 20.2 Å². The van der Waals surface area contributed by atoms with E-state index in [4.69, 9.17) is 0 Å². The molecule has 2 aliphatic heterocycles. The Labute approximate surface area is 173 Å². The Hall–Kier alpha value is -3.94. The Morgan fingerprint density at radius 2 is 1.17 bits per heavy atom. The topological polar surface area (TPSA) is 97.6 Å². The molecule has 0 bridgehead atoms. The maximum absolute atomic E-state index is 4.27. The van der Waals surface area contributed by atoms with Gasteiger partial charge in [-0.1, -0.05) is 24.3 Å². The van der Waals surface area contributed by atoms with Gasteiger partial charge in [0.1, 0.15) is 0 Å². The summed E-state index contributed by atoms with van der Waals surface area (Å²) in [6, 6.07) is 17.0. The highest BCUT2D eigenvalue weighted by Crippen LogP contribution is 2.24. The highest BCUT2D eigenvalue weighted by molar-refractivity contribution is 6.02. The lowest BCUT2D eigenvalue weighted by Crippen LogP contribution is -2.30. The molecule has 0 aliphatic carbocycles.